The van der Waals surface area contributed by atoms with Crippen LogP contribution in [0.2, 0.25) is 5.02 Å². The smallest absolute Gasteiger partial charge is 0.310 e. The molecule has 0 bridgehead atoms. The molecule has 0 aliphatic rings. The second-order valence-electron chi connectivity index (χ2n) is 4.89. The average Bonchev–Trinajstić information content (AvgIpc) is 2.45. The number of ether oxygens (including phenoxy) is 2. The van der Waals surface area contributed by atoms with E-state index in [2.05, 4.69) is 0 Å². The van der Waals surface area contributed by atoms with Crippen LogP contribution in [0.3, 0.4) is 0 Å². The molecule has 120 valence electrons. The second-order valence-corrected chi connectivity index (χ2v) is 5.30. The lowest BCUT2D eigenvalue weighted by Gasteiger charge is -2.15. The number of esters is 1. The zero-order valence-corrected chi connectivity index (χ0v) is 14.0. The Balaban J connectivity index is 2.45. The van der Waals surface area contributed by atoms with Gasteiger partial charge in [-0.2, -0.15) is 0 Å². The van der Waals surface area contributed by atoms with Gasteiger partial charge in [-0.15, -0.1) is 0 Å². The SMILES string of the molecule is BC(=O)N(C)CCCOc1ccc(CC(=O)OCC)cc1Cl. The summed E-state index contributed by atoms with van der Waals surface area (Å²) >= 11 is 6.14. The van der Waals surface area contributed by atoms with Gasteiger partial charge < -0.3 is 14.4 Å². The topological polar surface area (TPSA) is 55.8 Å². The van der Waals surface area contributed by atoms with E-state index in [0.717, 1.165) is 12.0 Å². The van der Waals surface area contributed by atoms with Crippen molar-refractivity contribution in [2.75, 3.05) is 26.8 Å². The number of carbonyl (C=O) groups is 2. The third-order valence-corrected chi connectivity index (χ3v) is 3.38. The standard InChI is InChI=1S/C15H21BClNO4/c1-3-21-14(19)10-11-5-6-13(12(17)9-11)22-8-4-7-18(2)15(16)20/h5-6,9H,3-4,7-8,10,16H2,1-2H3. The van der Waals surface area contributed by atoms with Gasteiger partial charge in [0.05, 0.1) is 24.7 Å². The Morgan fingerprint density at radius 1 is 1.36 bits per heavy atom. The van der Waals surface area contributed by atoms with Gasteiger partial charge in [0, 0.05) is 13.6 Å². The molecule has 1 amide bonds. The lowest BCUT2D eigenvalue weighted by atomic mass is 10.1. The van der Waals surface area contributed by atoms with E-state index in [1.807, 2.05) is 0 Å². The fourth-order valence-corrected chi connectivity index (χ4v) is 2.05. The van der Waals surface area contributed by atoms with Gasteiger partial charge in [-0.3, -0.25) is 9.59 Å². The number of halogens is 1. The third kappa shape index (κ3) is 6.39. The van der Waals surface area contributed by atoms with Crippen molar-refractivity contribution < 1.29 is 19.1 Å². The lowest BCUT2D eigenvalue weighted by Crippen LogP contribution is -2.27. The quantitative estimate of drug-likeness (QED) is 0.416. The zero-order valence-electron chi connectivity index (χ0n) is 13.2. The Hall–Kier alpha value is -1.69. The number of rotatable bonds is 8. The third-order valence-electron chi connectivity index (χ3n) is 3.08. The highest BCUT2D eigenvalue weighted by molar-refractivity contribution is 6.56. The molecule has 1 aromatic carbocycles. The predicted molar refractivity (Wildman–Crippen MR) is 88.5 cm³/mol. The molecule has 5 nitrogen and oxygen atoms in total. The summed E-state index contributed by atoms with van der Waals surface area (Å²) in [5.74, 6) is 0.320. The van der Waals surface area contributed by atoms with E-state index in [0.29, 0.717) is 30.5 Å². The molecular formula is C15H21BClNO4. The van der Waals surface area contributed by atoms with Crippen LogP contribution in [0.15, 0.2) is 18.2 Å². The van der Waals surface area contributed by atoms with Crippen LogP contribution in [-0.2, 0) is 16.0 Å². The normalized spacial score (nSPS) is 10.1. The summed E-state index contributed by atoms with van der Waals surface area (Å²) in [6.07, 6.45) is 0.911. The molecule has 0 saturated carbocycles. The summed E-state index contributed by atoms with van der Waals surface area (Å²) in [5, 5.41) is 0.460. The number of hydrogen-bond donors (Lipinski definition) is 0. The van der Waals surface area contributed by atoms with Gasteiger partial charge in [-0.1, -0.05) is 17.7 Å². The Morgan fingerprint density at radius 2 is 2.09 bits per heavy atom. The maximum absolute atomic E-state index is 11.4. The molecule has 0 atom stereocenters. The highest BCUT2D eigenvalue weighted by Crippen LogP contribution is 2.26. The first-order chi connectivity index (χ1) is 10.4. The molecule has 7 heteroatoms. The summed E-state index contributed by atoms with van der Waals surface area (Å²) in [5.41, 5.74) is 0.784. The molecule has 0 heterocycles. The number of carbonyl (C=O) groups excluding carboxylic acids is 2. The average molecular weight is 326 g/mol. The van der Waals surface area contributed by atoms with Gasteiger partial charge >= 0.3 is 5.97 Å². The fourth-order valence-electron chi connectivity index (χ4n) is 1.79. The van der Waals surface area contributed by atoms with Crippen molar-refractivity contribution in [2.45, 2.75) is 19.8 Å². The van der Waals surface area contributed by atoms with Gasteiger partial charge in [-0.25, -0.2) is 0 Å². The van der Waals surface area contributed by atoms with Crippen molar-refractivity contribution >= 4 is 31.2 Å². The maximum Gasteiger partial charge on any atom is 0.310 e. The van der Waals surface area contributed by atoms with Gasteiger partial charge in [0.15, 0.2) is 5.81 Å². The van der Waals surface area contributed by atoms with Gasteiger partial charge in [0.1, 0.15) is 5.75 Å². The first-order valence-corrected chi connectivity index (χ1v) is 7.60. The highest BCUT2D eigenvalue weighted by atomic mass is 35.5. The van der Waals surface area contributed by atoms with E-state index < -0.39 is 0 Å². The minimum atomic E-state index is -0.278. The molecular weight excluding hydrogens is 304 g/mol. The van der Waals surface area contributed by atoms with Gasteiger partial charge in [0.25, 0.3) is 0 Å². The van der Waals surface area contributed by atoms with Crippen LogP contribution in [-0.4, -0.2) is 51.3 Å². The summed E-state index contributed by atoms with van der Waals surface area (Å²) in [6.45, 7) is 3.23. The second kappa shape index (κ2) is 9.36. The molecule has 1 rings (SSSR count). The van der Waals surface area contributed by atoms with E-state index in [9.17, 15) is 9.59 Å². The monoisotopic (exact) mass is 325 g/mol. The van der Waals surface area contributed by atoms with Crippen LogP contribution >= 0.6 is 11.6 Å². The first-order valence-electron chi connectivity index (χ1n) is 7.22. The maximum atomic E-state index is 11.4. The van der Waals surface area contributed by atoms with Crippen LogP contribution < -0.4 is 4.74 Å². The van der Waals surface area contributed by atoms with Crippen molar-refractivity contribution in [1.29, 1.82) is 0 Å². The Kier molecular flexibility index (Phi) is 7.81. The summed E-state index contributed by atoms with van der Waals surface area (Å²) < 4.78 is 10.5. The van der Waals surface area contributed by atoms with E-state index in [1.165, 1.54) is 7.85 Å². The number of amides is 1. The molecule has 0 aromatic heterocycles. The molecule has 0 radical (unpaired) electrons. The molecule has 0 aliphatic carbocycles. The molecule has 0 spiro atoms. The summed E-state index contributed by atoms with van der Waals surface area (Å²) in [4.78, 5) is 24.1. The van der Waals surface area contributed by atoms with Crippen LogP contribution in [0.4, 0.5) is 4.79 Å². The molecule has 0 fully saturated rings. The van der Waals surface area contributed by atoms with Crippen LogP contribution in [0.1, 0.15) is 18.9 Å². The fraction of sp³-hybridized carbons (Fsp3) is 0.467. The van der Waals surface area contributed by atoms with Crippen LogP contribution in [0, 0.1) is 0 Å². The van der Waals surface area contributed by atoms with E-state index in [1.54, 1.807) is 37.1 Å². The molecule has 0 N–H and O–H groups in total. The van der Waals surface area contributed by atoms with Crippen molar-refractivity contribution in [2.24, 2.45) is 0 Å². The first kappa shape index (κ1) is 18.4. The van der Waals surface area contributed by atoms with Crippen LogP contribution in [0.5, 0.6) is 5.75 Å². The van der Waals surface area contributed by atoms with Gasteiger partial charge in [0.2, 0.25) is 7.85 Å². The van der Waals surface area contributed by atoms with Crippen molar-refractivity contribution in [3.8, 4) is 5.75 Å². The van der Waals surface area contributed by atoms with Crippen LogP contribution in [0.25, 0.3) is 0 Å². The van der Waals surface area contributed by atoms with E-state index >= 15 is 0 Å². The molecule has 0 aliphatic heterocycles. The molecule has 0 saturated heterocycles. The van der Waals surface area contributed by atoms with Crippen molar-refractivity contribution in [3.05, 3.63) is 28.8 Å². The Bertz CT molecular complexity index is 524. The predicted octanol–water partition coefficient (Wildman–Crippen LogP) is 1.90. The Morgan fingerprint density at radius 3 is 2.68 bits per heavy atom. The van der Waals surface area contributed by atoms with Gasteiger partial charge in [-0.05, 0) is 31.0 Å². The summed E-state index contributed by atoms with van der Waals surface area (Å²) in [6, 6.07) is 5.24. The highest BCUT2D eigenvalue weighted by Gasteiger charge is 2.08. The molecule has 1 aromatic rings. The number of benzene rings is 1. The summed E-state index contributed by atoms with van der Waals surface area (Å²) in [7, 11) is 3.28. The van der Waals surface area contributed by atoms with Crippen molar-refractivity contribution in [3.63, 3.8) is 0 Å². The zero-order chi connectivity index (χ0) is 16.5. The van der Waals surface area contributed by atoms with E-state index in [-0.39, 0.29) is 18.2 Å². The van der Waals surface area contributed by atoms with Crippen molar-refractivity contribution in [1.82, 2.24) is 4.90 Å². The largest absolute Gasteiger partial charge is 0.492 e. The number of hydrogen-bond acceptors (Lipinski definition) is 4. The molecule has 0 unspecified atom stereocenters. The minimum Gasteiger partial charge on any atom is -0.492 e. The van der Waals surface area contributed by atoms with E-state index in [4.69, 9.17) is 21.1 Å². The Labute approximate surface area is 136 Å². The minimum absolute atomic E-state index is 0.0290. The number of nitrogens with zero attached hydrogens (tertiary/aromatic N) is 1. The lowest BCUT2D eigenvalue weighted by molar-refractivity contribution is -0.142. The molecule has 22 heavy (non-hydrogen) atoms.